The molecule has 0 aliphatic carbocycles. The topological polar surface area (TPSA) is 95.7 Å². The molecule has 0 atom stereocenters. The Bertz CT molecular complexity index is 568. The highest BCUT2D eigenvalue weighted by atomic mass is 16.6. The number of nitro groups is 1. The summed E-state index contributed by atoms with van der Waals surface area (Å²) in [4.78, 5) is 23.6. The third-order valence-electron chi connectivity index (χ3n) is 3.75. The second kappa shape index (κ2) is 6.09. The minimum absolute atomic E-state index is 0.0996. The standard InChI is InChI=1S/C14H21N3O4/c1-9-11(15-8-14(2,3)16(4)5)6-10(13(18)19)7-12(9)17(20)21/h6-7,15H,8H2,1-5H3,(H,18,19). The molecule has 0 amide bonds. The van der Waals surface area contributed by atoms with Crippen LogP contribution in [0, 0.1) is 17.0 Å². The van der Waals surface area contributed by atoms with Crippen molar-refractivity contribution >= 4 is 17.3 Å². The van der Waals surface area contributed by atoms with E-state index in [0.717, 1.165) is 6.07 Å². The second-order valence-electron chi connectivity index (χ2n) is 5.79. The van der Waals surface area contributed by atoms with E-state index in [9.17, 15) is 14.9 Å². The van der Waals surface area contributed by atoms with E-state index in [1.807, 2.05) is 32.8 Å². The van der Waals surface area contributed by atoms with Gasteiger partial charge in [0.2, 0.25) is 0 Å². The van der Waals surface area contributed by atoms with Crippen molar-refractivity contribution in [1.29, 1.82) is 0 Å². The number of anilines is 1. The molecule has 7 heteroatoms. The Morgan fingerprint density at radius 2 is 2.00 bits per heavy atom. The SMILES string of the molecule is Cc1c(NCC(C)(C)N(C)C)cc(C(=O)O)cc1[N+](=O)[O-]. The average Bonchev–Trinajstić information content (AvgIpc) is 2.36. The number of nitrogens with one attached hydrogen (secondary N) is 1. The van der Waals surface area contributed by atoms with Gasteiger partial charge in [0, 0.05) is 29.4 Å². The van der Waals surface area contributed by atoms with Crippen LogP contribution in [0.4, 0.5) is 11.4 Å². The van der Waals surface area contributed by atoms with Crippen molar-refractivity contribution in [1.82, 2.24) is 4.90 Å². The molecule has 7 nitrogen and oxygen atoms in total. The van der Waals surface area contributed by atoms with Crippen LogP contribution < -0.4 is 5.32 Å². The molecule has 0 saturated heterocycles. The molecule has 0 heterocycles. The first kappa shape index (κ1) is 16.9. The lowest BCUT2D eigenvalue weighted by atomic mass is 10.0. The van der Waals surface area contributed by atoms with Gasteiger partial charge < -0.3 is 15.3 Å². The highest BCUT2D eigenvalue weighted by Crippen LogP contribution is 2.28. The maximum Gasteiger partial charge on any atom is 0.336 e. The Hall–Kier alpha value is -2.15. The van der Waals surface area contributed by atoms with E-state index in [1.54, 1.807) is 6.92 Å². The summed E-state index contributed by atoms with van der Waals surface area (Å²) >= 11 is 0. The molecule has 0 aliphatic rings. The van der Waals surface area contributed by atoms with Gasteiger partial charge in [-0.15, -0.1) is 0 Å². The van der Waals surface area contributed by atoms with Gasteiger partial charge >= 0.3 is 5.97 Å². The van der Waals surface area contributed by atoms with Crippen molar-refractivity contribution in [3.8, 4) is 0 Å². The first-order chi connectivity index (χ1) is 9.56. The highest BCUT2D eigenvalue weighted by molar-refractivity contribution is 5.90. The van der Waals surface area contributed by atoms with E-state index < -0.39 is 10.9 Å². The lowest BCUT2D eigenvalue weighted by molar-refractivity contribution is -0.385. The van der Waals surface area contributed by atoms with Crippen molar-refractivity contribution in [3.05, 3.63) is 33.4 Å². The van der Waals surface area contributed by atoms with E-state index in [1.165, 1.54) is 6.07 Å². The number of hydrogen-bond donors (Lipinski definition) is 2. The molecule has 0 spiro atoms. The van der Waals surface area contributed by atoms with Crippen LogP contribution >= 0.6 is 0 Å². The van der Waals surface area contributed by atoms with Crippen molar-refractivity contribution < 1.29 is 14.8 Å². The summed E-state index contributed by atoms with van der Waals surface area (Å²) in [5, 5.41) is 23.2. The number of carboxylic acid groups (broad SMARTS) is 1. The van der Waals surface area contributed by atoms with E-state index in [2.05, 4.69) is 5.32 Å². The summed E-state index contributed by atoms with van der Waals surface area (Å²) in [5.74, 6) is -1.19. The fourth-order valence-corrected chi connectivity index (χ4v) is 1.67. The van der Waals surface area contributed by atoms with Crippen LogP contribution in [0.1, 0.15) is 29.8 Å². The Balaban J connectivity index is 3.17. The molecule has 0 bridgehead atoms. The summed E-state index contributed by atoms with van der Waals surface area (Å²) in [6, 6.07) is 2.51. The van der Waals surface area contributed by atoms with Crippen molar-refractivity contribution in [2.45, 2.75) is 26.3 Å². The largest absolute Gasteiger partial charge is 0.478 e. The van der Waals surface area contributed by atoms with Gasteiger partial charge in [0.25, 0.3) is 5.69 Å². The number of benzene rings is 1. The van der Waals surface area contributed by atoms with Crippen LogP contribution in [0.5, 0.6) is 0 Å². The summed E-state index contributed by atoms with van der Waals surface area (Å²) in [5.41, 5.74) is 0.425. The van der Waals surface area contributed by atoms with Crippen LogP contribution in [-0.2, 0) is 0 Å². The van der Waals surface area contributed by atoms with Crippen LogP contribution in [0.15, 0.2) is 12.1 Å². The first-order valence-corrected chi connectivity index (χ1v) is 6.50. The number of nitro benzene ring substituents is 1. The molecular formula is C14H21N3O4. The minimum atomic E-state index is -1.19. The predicted octanol–water partition coefficient (Wildman–Crippen LogP) is 2.35. The smallest absolute Gasteiger partial charge is 0.336 e. The molecule has 116 valence electrons. The number of carbonyl (C=O) groups is 1. The molecule has 1 aromatic carbocycles. The maximum absolute atomic E-state index is 11.1. The zero-order valence-corrected chi connectivity index (χ0v) is 12.9. The summed E-state index contributed by atoms with van der Waals surface area (Å²) < 4.78 is 0. The molecule has 0 aromatic heterocycles. The highest BCUT2D eigenvalue weighted by Gasteiger charge is 2.23. The lowest BCUT2D eigenvalue weighted by Crippen LogP contribution is -2.44. The first-order valence-electron chi connectivity index (χ1n) is 6.50. The number of carboxylic acids is 1. The normalized spacial score (nSPS) is 11.5. The van der Waals surface area contributed by atoms with E-state index in [-0.39, 0.29) is 16.8 Å². The van der Waals surface area contributed by atoms with Gasteiger partial charge in [-0.1, -0.05) is 0 Å². The molecule has 0 radical (unpaired) electrons. The number of hydrogen-bond acceptors (Lipinski definition) is 5. The van der Waals surface area contributed by atoms with Crippen LogP contribution in [-0.4, -0.2) is 47.1 Å². The predicted molar refractivity (Wildman–Crippen MR) is 81.0 cm³/mol. The molecule has 0 unspecified atom stereocenters. The van der Waals surface area contributed by atoms with E-state index in [4.69, 9.17) is 5.11 Å². The Kier molecular flexibility index (Phi) is 4.90. The molecule has 0 saturated carbocycles. The molecule has 1 rings (SSSR count). The molecule has 2 N–H and O–H groups in total. The number of rotatable bonds is 6. The monoisotopic (exact) mass is 295 g/mol. The van der Waals surface area contributed by atoms with E-state index >= 15 is 0 Å². The van der Waals surface area contributed by atoms with Gasteiger partial charge in [0.1, 0.15) is 0 Å². The quantitative estimate of drug-likeness (QED) is 0.618. The zero-order chi connectivity index (χ0) is 16.4. The van der Waals surface area contributed by atoms with E-state index in [0.29, 0.717) is 17.8 Å². The zero-order valence-electron chi connectivity index (χ0n) is 12.9. The molecule has 0 aliphatic heterocycles. The molecule has 0 fully saturated rings. The Morgan fingerprint density at radius 3 is 2.43 bits per heavy atom. The lowest BCUT2D eigenvalue weighted by Gasteiger charge is -2.33. The fourth-order valence-electron chi connectivity index (χ4n) is 1.67. The summed E-state index contributed by atoms with van der Waals surface area (Å²) in [6.45, 7) is 6.17. The third kappa shape index (κ3) is 3.91. The van der Waals surface area contributed by atoms with Gasteiger partial charge in [0.15, 0.2) is 0 Å². The van der Waals surface area contributed by atoms with Gasteiger partial charge in [-0.3, -0.25) is 10.1 Å². The van der Waals surface area contributed by atoms with Crippen molar-refractivity contribution in [3.63, 3.8) is 0 Å². The molecular weight excluding hydrogens is 274 g/mol. The third-order valence-corrected chi connectivity index (χ3v) is 3.75. The van der Waals surface area contributed by atoms with Crippen LogP contribution in [0.3, 0.4) is 0 Å². The van der Waals surface area contributed by atoms with Crippen molar-refractivity contribution in [2.24, 2.45) is 0 Å². The fraction of sp³-hybridized carbons (Fsp3) is 0.500. The van der Waals surface area contributed by atoms with Crippen molar-refractivity contribution in [2.75, 3.05) is 26.0 Å². The van der Waals surface area contributed by atoms with Gasteiger partial charge in [-0.25, -0.2) is 4.79 Å². The maximum atomic E-state index is 11.1. The van der Waals surface area contributed by atoms with Crippen LogP contribution in [0.25, 0.3) is 0 Å². The summed E-state index contributed by atoms with van der Waals surface area (Å²) in [7, 11) is 3.87. The molecule has 21 heavy (non-hydrogen) atoms. The second-order valence-corrected chi connectivity index (χ2v) is 5.79. The Morgan fingerprint density at radius 1 is 1.43 bits per heavy atom. The van der Waals surface area contributed by atoms with Gasteiger partial charge in [-0.2, -0.15) is 0 Å². The summed E-state index contributed by atoms with van der Waals surface area (Å²) in [6.07, 6.45) is 0. The molecule has 1 aromatic rings. The van der Waals surface area contributed by atoms with Gasteiger partial charge in [0.05, 0.1) is 10.5 Å². The number of nitrogens with zero attached hydrogens (tertiary/aromatic N) is 2. The minimum Gasteiger partial charge on any atom is -0.478 e. The number of aromatic carboxylic acids is 1. The average molecular weight is 295 g/mol. The van der Waals surface area contributed by atoms with Gasteiger partial charge in [-0.05, 0) is 40.9 Å². The number of likely N-dealkylation sites (N-methyl/N-ethyl adjacent to an activating group) is 1. The Labute approximate surface area is 123 Å². The van der Waals surface area contributed by atoms with Crippen LogP contribution in [0.2, 0.25) is 0 Å².